The number of nitrogens with zero attached hydrogens (tertiary/aromatic N) is 1. The molecule has 2 aromatic carbocycles. The Kier molecular flexibility index (Phi) is 4.45. The molecule has 0 unspecified atom stereocenters. The molecule has 2 amide bonds. The highest BCUT2D eigenvalue weighted by Gasteiger charge is 2.56. The zero-order valence-electron chi connectivity index (χ0n) is 14.4. The third-order valence-electron chi connectivity index (χ3n) is 5.10. The van der Waals surface area contributed by atoms with E-state index in [1.165, 1.54) is 0 Å². The minimum absolute atomic E-state index is 0.0480. The lowest BCUT2D eigenvalue weighted by molar-refractivity contribution is -0.136. The second-order valence-corrected chi connectivity index (χ2v) is 8.42. The number of carbonyl (C=O) groups excluding carboxylic acids is 2. The maximum absolute atomic E-state index is 13.0. The Morgan fingerprint density at radius 3 is 2.77 bits per heavy atom. The molecule has 2 heterocycles. The molecule has 2 saturated heterocycles. The van der Waals surface area contributed by atoms with E-state index in [9.17, 15) is 9.59 Å². The Hall–Kier alpha value is -1.98. The normalized spacial score (nSPS) is 24.6. The number of nitrogens with one attached hydrogen (secondary N) is 1. The van der Waals surface area contributed by atoms with E-state index in [0.29, 0.717) is 17.2 Å². The number of benzene rings is 2. The maximum Gasteiger partial charge on any atom is 0.248 e. The van der Waals surface area contributed by atoms with Crippen LogP contribution >= 0.6 is 23.4 Å². The molecule has 0 saturated carbocycles. The van der Waals surface area contributed by atoms with Crippen molar-refractivity contribution in [1.29, 1.82) is 0 Å². The van der Waals surface area contributed by atoms with Crippen LogP contribution in [-0.4, -0.2) is 28.5 Å². The second-order valence-electron chi connectivity index (χ2n) is 6.69. The molecule has 0 aromatic heterocycles. The van der Waals surface area contributed by atoms with Crippen molar-refractivity contribution >= 4 is 40.9 Å². The van der Waals surface area contributed by atoms with E-state index in [1.54, 1.807) is 28.8 Å². The van der Waals surface area contributed by atoms with Crippen LogP contribution in [-0.2, 0) is 14.5 Å². The number of carbonyl (C=O) groups is 2. The van der Waals surface area contributed by atoms with Crippen LogP contribution in [0, 0.1) is 6.92 Å². The third-order valence-corrected chi connectivity index (χ3v) is 6.93. The molecule has 2 aromatic rings. The molecule has 4 rings (SSSR count). The van der Waals surface area contributed by atoms with Crippen molar-refractivity contribution < 1.29 is 9.59 Å². The molecule has 134 valence electrons. The molecule has 0 bridgehead atoms. The lowest BCUT2D eigenvalue weighted by Crippen LogP contribution is -2.48. The number of fused-ring (bicyclic) bond motifs is 1. The van der Waals surface area contributed by atoms with E-state index < -0.39 is 10.9 Å². The summed E-state index contributed by atoms with van der Waals surface area (Å²) in [4.78, 5) is 27.0. The minimum atomic E-state index is -0.467. The monoisotopic (exact) mass is 386 g/mol. The van der Waals surface area contributed by atoms with E-state index in [0.717, 1.165) is 23.2 Å². The van der Waals surface area contributed by atoms with Crippen molar-refractivity contribution in [2.75, 3.05) is 11.1 Å². The summed E-state index contributed by atoms with van der Waals surface area (Å²) in [6, 6.07) is 14.9. The average molecular weight is 387 g/mol. The summed E-state index contributed by atoms with van der Waals surface area (Å²) >= 11 is 7.68. The first-order valence-electron chi connectivity index (χ1n) is 8.60. The van der Waals surface area contributed by atoms with Crippen LogP contribution in [0.1, 0.15) is 24.0 Å². The Balaban J connectivity index is 1.62. The lowest BCUT2D eigenvalue weighted by atomic mass is 10.0. The van der Waals surface area contributed by atoms with Crippen molar-refractivity contribution in [2.45, 2.75) is 30.7 Å². The average Bonchev–Trinajstić information content (AvgIpc) is 3.18. The van der Waals surface area contributed by atoms with E-state index in [2.05, 4.69) is 5.32 Å². The number of halogens is 1. The summed E-state index contributed by atoms with van der Waals surface area (Å²) in [5.74, 6) is 0.502. The van der Waals surface area contributed by atoms with Gasteiger partial charge in [-0.25, -0.2) is 0 Å². The fourth-order valence-corrected chi connectivity index (χ4v) is 5.70. The largest absolute Gasteiger partial charge is 0.324 e. The van der Waals surface area contributed by atoms with Gasteiger partial charge in [-0.3, -0.25) is 9.59 Å². The van der Waals surface area contributed by atoms with Gasteiger partial charge in [-0.05, 0) is 42.7 Å². The van der Waals surface area contributed by atoms with E-state index in [1.807, 2.05) is 43.3 Å². The topological polar surface area (TPSA) is 49.4 Å². The summed E-state index contributed by atoms with van der Waals surface area (Å²) < 4.78 is 0. The number of rotatable bonds is 3. The third kappa shape index (κ3) is 2.79. The van der Waals surface area contributed by atoms with E-state index in [4.69, 9.17) is 11.6 Å². The van der Waals surface area contributed by atoms with E-state index >= 15 is 0 Å². The molecule has 6 heteroatoms. The Bertz CT molecular complexity index is 873. The Morgan fingerprint density at radius 1 is 1.27 bits per heavy atom. The highest BCUT2D eigenvalue weighted by molar-refractivity contribution is 8.00. The summed E-state index contributed by atoms with van der Waals surface area (Å²) in [5.41, 5.74) is 2.72. The Morgan fingerprint density at radius 2 is 2.04 bits per heavy atom. The van der Waals surface area contributed by atoms with Crippen molar-refractivity contribution in [3.63, 3.8) is 0 Å². The first kappa shape index (κ1) is 17.4. The molecule has 4 nitrogen and oxygen atoms in total. The Labute approximate surface area is 161 Å². The van der Waals surface area contributed by atoms with E-state index in [-0.39, 0.29) is 11.8 Å². The highest BCUT2D eigenvalue weighted by Crippen LogP contribution is 2.54. The van der Waals surface area contributed by atoms with Gasteiger partial charge in [0.2, 0.25) is 11.8 Å². The van der Waals surface area contributed by atoms with Gasteiger partial charge in [0, 0.05) is 22.9 Å². The predicted molar refractivity (Wildman–Crippen MR) is 105 cm³/mol. The van der Waals surface area contributed by atoms with Crippen molar-refractivity contribution in [3.05, 3.63) is 64.7 Å². The fraction of sp³-hybridized carbons (Fsp3) is 0.300. The summed E-state index contributed by atoms with van der Waals surface area (Å²) in [6.45, 7) is 1.90. The molecule has 26 heavy (non-hydrogen) atoms. The van der Waals surface area contributed by atoms with Crippen LogP contribution in [0.3, 0.4) is 0 Å². The number of thioether (sulfide) groups is 1. The molecule has 0 spiro atoms. The van der Waals surface area contributed by atoms with Gasteiger partial charge in [-0.15, -0.1) is 11.8 Å². The second kappa shape index (κ2) is 6.63. The zero-order valence-corrected chi connectivity index (χ0v) is 15.9. The molecule has 1 N–H and O–H groups in total. The van der Waals surface area contributed by atoms with Crippen LogP contribution in [0.2, 0.25) is 5.02 Å². The first-order valence-corrected chi connectivity index (χ1v) is 9.96. The van der Waals surface area contributed by atoms with Crippen molar-refractivity contribution in [3.8, 4) is 0 Å². The lowest BCUT2D eigenvalue weighted by Gasteiger charge is -2.34. The molecular weight excluding hydrogens is 368 g/mol. The highest BCUT2D eigenvalue weighted by atomic mass is 35.5. The van der Waals surface area contributed by atoms with Gasteiger partial charge >= 0.3 is 0 Å². The van der Waals surface area contributed by atoms with Crippen molar-refractivity contribution in [2.24, 2.45) is 0 Å². The van der Waals surface area contributed by atoms with Gasteiger partial charge in [-0.2, -0.15) is 0 Å². The van der Waals surface area contributed by atoms with Gasteiger partial charge in [0.25, 0.3) is 0 Å². The number of hydrogen-bond donors (Lipinski definition) is 1. The molecule has 0 radical (unpaired) electrons. The summed E-state index contributed by atoms with van der Waals surface area (Å²) in [7, 11) is 0. The zero-order chi connectivity index (χ0) is 18.3. The van der Waals surface area contributed by atoms with Gasteiger partial charge in [-0.1, -0.05) is 41.9 Å². The number of hydrogen-bond acceptors (Lipinski definition) is 3. The molecule has 2 atom stereocenters. The van der Waals surface area contributed by atoms with Crippen LogP contribution in [0.15, 0.2) is 48.5 Å². The molecule has 2 aliphatic rings. The summed E-state index contributed by atoms with van der Waals surface area (Å²) in [6.07, 6.45) is 1.22. The standard InChI is InChI=1S/C20H19ClN2O2S/c1-13-11-15(21)7-8-16(13)22-19(25)17-12-26-20(10-9-18(24)23(17)20)14-5-3-2-4-6-14/h2-8,11,17H,9-10,12H2,1H3,(H,22,25)/t17-,20+/m0/s1. The molecule has 2 aliphatic heterocycles. The number of aryl methyl sites for hydroxylation is 1. The van der Waals surface area contributed by atoms with Crippen LogP contribution < -0.4 is 5.32 Å². The molecule has 2 fully saturated rings. The molecular formula is C20H19ClN2O2S. The minimum Gasteiger partial charge on any atom is -0.324 e. The van der Waals surface area contributed by atoms with Crippen LogP contribution in [0.4, 0.5) is 5.69 Å². The van der Waals surface area contributed by atoms with Crippen molar-refractivity contribution in [1.82, 2.24) is 4.90 Å². The van der Waals surface area contributed by atoms with Gasteiger partial charge < -0.3 is 10.2 Å². The van der Waals surface area contributed by atoms with Crippen LogP contribution in [0.25, 0.3) is 0 Å². The SMILES string of the molecule is Cc1cc(Cl)ccc1NC(=O)[C@@H]1CS[C@@]2(c3ccccc3)CCC(=O)N12. The number of amides is 2. The predicted octanol–water partition coefficient (Wildman–Crippen LogP) is 4.18. The van der Waals surface area contributed by atoms with Gasteiger partial charge in [0.1, 0.15) is 10.9 Å². The molecule has 0 aliphatic carbocycles. The first-order chi connectivity index (χ1) is 12.5. The van der Waals surface area contributed by atoms with Gasteiger partial charge in [0.05, 0.1) is 0 Å². The van der Waals surface area contributed by atoms with Crippen LogP contribution in [0.5, 0.6) is 0 Å². The maximum atomic E-state index is 13.0. The smallest absolute Gasteiger partial charge is 0.248 e. The number of anilines is 1. The fourth-order valence-electron chi connectivity index (χ4n) is 3.82. The quantitative estimate of drug-likeness (QED) is 0.860. The summed E-state index contributed by atoms with van der Waals surface area (Å²) in [5, 5.41) is 3.61. The van der Waals surface area contributed by atoms with Gasteiger partial charge in [0.15, 0.2) is 0 Å².